The van der Waals surface area contributed by atoms with Crippen LogP contribution in [0.4, 0.5) is 0 Å². The summed E-state index contributed by atoms with van der Waals surface area (Å²) in [6, 6.07) is 18.2. The third-order valence-electron chi connectivity index (χ3n) is 4.10. The van der Waals surface area contributed by atoms with Crippen LogP contribution in [0.3, 0.4) is 0 Å². The third-order valence-corrected chi connectivity index (χ3v) is 5.34. The van der Waals surface area contributed by atoms with Gasteiger partial charge >= 0.3 is 0 Å². The lowest BCUT2D eigenvalue weighted by atomic mass is 10.1. The van der Waals surface area contributed by atoms with Gasteiger partial charge in [0.25, 0.3) is 0 Å². The summed E-state index contributed by atoms with van der Waals surface area (Å²) in [6.07, 6.45) is 1.50. The summed E-state index contributed by atoms with van der Waals surface area (Å²) < 4.78 is 6.07. The van der Waals surface area contributed by atoms with Crippen molar-refractivity contribution in [3.05, 3.63) is 65.7 Å². The molecule has 2 aromatic carbocycles. The largest absolute Gasteiger partial charge is 0.489 e. The number of rotatable bonds is 6. The molecule has 1 heterocycles. The monoisotopic (exact) mass is 341 g/mol. The number of carbonyl (C=O) groups excluding carboxylic acids is 1. The van der Waals surface area contributed by atoms with E-state index in [0.717, 1.165) is 35.6 Å². The maximum absolute atomic E-state index is 12.4. The van der Waals surface area contributed by atoms with Gasteiger partial charge in [0.1, 0.15) is 17.7 Å². The van der Waals surface area contributed by atoms with Gasteiger partial charge in [-0.05, 0) is 18.1 Å². The summed E-state index contributed by atoms with van der Waals surface area (Å²) in [5.74, 6) is 2.09. The van der Waals surface area contributed by atoms with E-state index in [4.69, 9.17) is 4.74 Å². The standard InChI is InChI=1S/C20H23NO2S/c1-2-8-19(22)21-13-14-24-20(21)17-11-6-7-12-18(17)23-15-16-9-4-3-5-10-16/h3-7,9-12,20H,2,8,13-15H2,1H3. The minimum absolute atomic E-state index is 0.0658. The maximum Gasteiger partial charge on any atom is 0.223 e. The highest BCUT2D eigenvalue weighted by Crippen LogP contribution is 2.42. The lowest BCUT2D eigenvalue weighted by Gasteiger charge is -2.25. The molecule has 1 atom stereocenters. The summed E-state index contributed by atoms with van der Waals surface area (Å²) in [7, 11) is 0. The zero-order valence-electron chi connectivity index (χ0n) is 14.0. The zero-order valence-corrected chi connectivity index (χ0v) is 14.8. The number of benzene rings is 2. The van der Waals surface area contributed by atoms with Crippen molar-refractivity contribution in [3.8, 4) is 5.75 Å². The van der Waals surface area contributed by atoms with Gasteiger partial charge in [-0.1, -0.05) is 55.5 Å². The van der Waals surface area contributed by atoms with Crippen molar-refractivity contribution in [1.29, 1.82) is 0 Å². The van der Waals surface area contributed by atoms with Crippen LogP contribution in [0, 0.1) is 0 Å². The summed E-state index contributed by atoms with van der Waals surface area (Å²) in [5.41, 5.74) is 2.24. The van der Waals surface area contributed by atoms with Crippen LogP contribution >= 0.6 is 11.8 Å². The van der Waals surface area contributed by atoms with Crippen molar-refractivity contribution >= 4 is 17.7 Å². The number of amides is 1. The molecule has 0 saturated carbocycles. The van der Waals surface area contributed by atoms with E-state index in [0.29, 0.717) is 13.0 Å². The molecule has 0 aliphatic carbocycles. The number of hydrogen-bond acceptors (Lipinski definition) is 3. The Morgan fingerprint density at radius 1 is 1.17 bits per heavy atom. The van der Waals surface area contributed by atoms with Gasteiger partial charge in [-0.25, -0.2) is 0 Å². The number of para-hydroxylation sites is 1. The third kappa shape index (κ3) is 3.93. The Bertz CT molecular complexity index is 674. The van der Waals surface area contributed by atoms with E-state index >= 15 is 0 Å². The second kappa shape index (κ2) is 8.25. The molecule has 0 radical (unpaired) electrons. The second-order valence-corrected chi connectivity index (χ2v) is 7.06. The Morgan fingerprint density at radius 3 is 2.71 bits per heavy atom. The molecular weight excluding hydrogens is 318 g/mol. The minimum Gasteiger partial charge on any atom is -0.489 e. The fourth-order valence-electron chi connectivity index (χ4n) is 2.89. The Labute approximate surface area is 148 Å². The number of carbonyl (C=O) groups is 1. The van der Waals surface area contributed by atoms with Crippen LogP contribution < -0.4 is 4.74 Å². The second-order valence-electron chi connectivity index (χ2n) is 5.87. The quantitative estimate of drug-likeness (QED) is 0.766. The number of thioether (sulfide) groups is 1. The fourth-order valence-corrected chi connectivity index (χ4v) is 4.19. The lowest BCUT2D eigenvalue weighted by Crippen LogP contribution is -2.30. The summed E-state index contributed by atoms with van der Waals surface area (Å²) in [6.45, 7) is 3.41. The predicted molar refractivity (Wildman–Crippen MR) is 99.0 cm³/mol. The van der Waals surface area contributed by atoms with Crippen LogP contribution in [0.2, 0.25) is 0 Å². The van der Waals surface area contributed by atoms with Crippen molar-refractivity contribution in [3.63, 3.8) is 0 Å². The minimum atomic E-state index is 0.0658. The smallest absolute Gasteiger partial charge is 0.223 e. The first kappa shape index (κ1) is 16.9. The molecule has 3 rings (SSSR count). The van der Waals surface area contributed by atoms with Gasteiger partial charge in [-0.2, -0.15) is 0 Å². The molecule has 0 bridgehead atoms. The summed E-state index contributed by atoms with van der Waals surface area (Å²) in [4.78, 5) is 14.4. The summed E-state index contributed by atoms with van der Waals surface area (Å²) >= 11 is 1.82. The first-order valence-corrected chi connectivity index (χ1v) is 9.51. The SMILES string of the molecule is CCCC(=O)N1CCSC1c1ccccc1OCc1ccccc1. The predicted octanol–water partition coefficient (Wildman–Crippen LogP) is 4.64. The van der Waals surface area contributed by atoms with Crippen LogP contribution in [0.5, 0.6) is 5.75 Å². The fraction of sp³-hybridized carbons (Fsp3) is 0.350. The Kier molecular flexibility index (Phi) is 5.81. The molecule has 1 unspecified atom stereocenters. The molecule has 2 aromatic rings. The number of ether oxygens (including phenoxy) is 1. The van der Waals surface area contributed by atoms with E-state index in [1.807, 2.05) is 60.0 Å². The van der Waals surface area contributed by atoms with Crippen LogP contribution in [0.1, 0.15) is 36.3 Å². The number of hydrogen-bond donors (Lipinski definition) is 0. The van der Waals surface area contributed by atoms with Crippen LogP contribution in [0.15, 0.2) is 54.6 Å². The van der Waals surface area contributed by atoms with Crippen molar-refractivity contribution in [2.24, 2.45) is 0 Å². The van der Waals surface area contributed by atoms with E-state index < -0.39 is 0 Å². The van der Waals surface area contributed by atoms with Gasteiger partial charge in [-0.15, -0.1) is 11.8 Å². The van der Waals surface area contributed by atoms with Crippen molar-refractivity contribution in [2.75, 3.05) is 12.3 Å². The van der Waals surface area contributed by atoms with E-state index in [1.54, 1.807) is 0 Å². The molecule has 1 aliphatic heterocycles. The highest BCUT2D eigenvalue weighted by molar-refractivity contribution is 7.99. The van der Waals surface area contributed by atoms with E-state index in [-0.39, 0.29) is 11.3 Å². The molecule has 126 valence electrons. The Hall–Kier alpha value is -1.94. The number of nitrogens with zero attached hydrogens (tertiary/aromatic N) is 1. The Balaban J connectivity index is 1.77. The lowest BCUT2D eigenvalue weighted by molar-refractivity contribution is -0.131. The molecule has 1 amide bonds. The maximum atomic E-state index is 12.4. The van der Waals surface area contributed by atoms with Crippen molar-refractivity contribution < 1.29 is 9.53 Å². The average Bonchev–Trinajstić information content (AvgIpc) is 3.11. The molecule has 0 aromatic heterocycles. The van der Waals surface area contributed by atoms with E-state index in [1.165, 1.54) is 0 Å². The van der Waals surface area contributed by atoms with Gasteiger partial charge in [0.05, 0.1) is 0 Å². The molecular formula is C20H23NO2S. The molecule has 3 nitrogen and oxygen atoms in total. The Morgan fingerprint density at radius 2 is 1.92 bits per heavy atom. The van der Waals surface area contributed by atoms with Crippen LogP contribution in [0.25, 0.3) is 0 Å². The zero-order chi connectivity index (χ0) is 16.8. The molecule has 24 heavy (non-hydrogen) atoms. The van der Waals surface area contributed by atoms with Gasteiger partial charge in [0, 0.05) is 24.3 Å². The molecule has 0 spiro atoms. The van der Waals surface area contributed by atoms with E-state index in [2.05, 4.69) is 18.2 Å². The first-order valence-electron chi connectivity index (χ1n) is 8.46. The molecule has 1 fully saturated rings. The average molecular weight is 341 g/mol. The van der Waals surface area contributed by atoms with Crippen molar-refractivity contribution in [2.45, 2.75) is 31.7 Å². The normalized spacial score (nSPS) is 17.0. The molecule has 0 N–H and O–H groups in total. The van der Waals surface area contributed by atoms with E-state index in [9.17, 15) is 4.79 Å². The molecule has 1 saturated heterocycles. The summed E-state index contributed by atoms with van der Waals surface area (Å²) in [5, 5.41) is 0.0658. The van der Waals surface area contributed by atoms with Crippen LogP contribution in [-0.4, -0.2) is 23.1 Å². The van der Waals surface area contributed by atoms with Gasteiger partial charge < -0.3 is 9.64 Å². The highest BCUT2D eigenvalue weighted by atomic mass is 32.2. The van der Waals surface area contributed by atoms with Crippen molar-refractivity contribution in [1.82, 2.24) is 4.90 Å². The first-order chi connectivity index (χ1) is 11.8. The van der Waals surface area contributed by atoms with Gasteiger partial charge in [0.2, 0.25) is 5.91 Å². The van der Waals surface area contributed by atoms with Gasteiger partial charge in [0.15, 0.2) is 0 Å². The van der Waals surface area contributed by atoms with Crippen LogP contribution in [-0.2, 0) is 11.4 Å². The molecule has 4 heteroatoms. The van der Waals surface area contributed by atoms with Gasteiger partial charge in [-0.3, -0.25) is 4.79 Å². The molecule has 1 aliphatic rings. The topological polar surface area (TPSA) is 29.5 Å². The highest BCUT2D eigenvalue weighted by Gasteiger charge is 2.31.